The molecule has 118 valence electrons. The van der Waals surface area contributed by atoms with Gasteiger partial charge in [-0.2, -0.15) is 18.3 Å². The number of rotatable bonds is 5. The molecular formula is C13H13F3N4OS. The number of amides is 1. The molecule has 0 unspecified atom stereocenters. The monoisotopic (exact) mass is 330 g/mol. The number of thioether (sulfide) groups is 1. The van der Waals surface area contributed by atoms with E-state index in [0.29, 0.717) is 22.3 Å². The second-order valence-electron chi connectivity index (χ2n) is 4.54. The number of anilines is 1. The Morgan fingerprint density at radius 1 is 1.41 bits per heavy atom. The molecule has 0 aliphatic heterocycles. The van der Waals surface area contributed by atoms with Crippen LogP contribution in [0.15, 0.2) is 35.7 Å². The maximum absolute atomic E-state index is 12.3. The number of nitrogens with zero attached hydrogens (tertiary/aromatic N) is 3. The Morgan fingerprint density at radius 3 is 2.82 bits per heavy atom. The highest BCUT2D eigenvalue weighted by Gasteiger charge is 2.27. The van der Waals surface area contributed by atoms with E-state index >= 15 is 0 Å². The van der Waals surface area contributed by atoms with Gasteiger partial charge in [0.2, 0.25) is 5.91 Å². The van der Waals surface area contributed by atoms with Crippen LogP contribution in [-0.4, -0.2) is 32.6 Å². The zero-order valence-corrected chi connectivity index (χ0v) is 12.4. The number of carbonyl (C=O) groups is 1. The number of alkyl halides is 3. The predicted octanol–water partition coefficient (Wildman–Crippen LogP) is 2.88. The fourth-order valence-electron chi connectivity index (χ4n) is 1.68. The van der Waals surface area contributed by atoms with E-state index in [1.165, 1.54) is 17.3 Å². The van der Waals surface area contributed by atoms with E-state index in [9.17, 15) is 18.0 Å². The molecule has 1 heterocycles. The van der Waals surface area contributed by atoms with Crippen molar-refractivity contribution in [1.82, 2.24) is 14.8 Å². The second kappa shape index (κ2) is 6.82. The second-order valence-corrected chi connectivity index (χ2v) is 5.56. The Hall–Kier alpha value is -2.03. The van der Waals surface area contributed by atoms with Crippen molar-refractivity contribution < 1.29 is 18.0 Å². The third-order valence-corrected chi connectivity index (χ3v) is 3.71. The highest BCUT2D eigenvalue weighted by molar-refractivity contribution is 7.99. The van der Waals surface area contributed by atoms with Gasteiger partial charge >= 0.3 is 6.18 Å². The maximum Gasteiger partial charge on any atom is 0.398 e. The average Bonchev–Trinajstić information content (AvgIpc) is 2.89. The van der Waals surface area contributed by atoms with Crippen LogP contribution < -0.4 is 5.32 Å². The average molecular weight is 330 g/mol. The molecule has 0 aliphatic carbocycles. The summed E-state index contributed by atoms with van der Waals surface area (Å²) in [6, 6.07) is 4.90. The first-order valence-electron chi connectivity index (χ1n) is 6.26. The molecule has 2 rings (SSSR count). The molecule has 0 fully saturated rings. The molecule has 0 radical (unpaired) electrons. The third-order valence-electron chi connectivity index (χ3n) is 2.57. The molecule has 5 nitrogen and oxygen atoms in total. The molecular weight excluding hydrogens is 317 g/mol. The predicted molar refractivity (Wildman–Crippen MR) is 76.6 cm³/mol. The minimum atomic E-state index is -4.27. The zero-order chi connectivity index (χ0) is 16.2. The number of benzene rings is 1. The molecule has 2 aromatic rings. The molecule has 0 saturated heterocycles. The lowest BCUT2D eigenvalue weighted by molar-refractivity contribution is -0.117. The Bertz CT molecular complexity index is 643. The third kappa shape index (κ3) is 5.06. The van der Waals surface area contributed by atoms with Gasteiger partial charge in [-0.15, -0.1) is 11.8 Å². The van der Waals surface area contributed by atoms with Gasteiger partial charge in [0.15, 0.2) is 0 Å². The van der Waals surface area contributed by atoms with Gasteiger partial charge in [-0.3, -0.25) is 4.79 Å². The van der Waals surface area contributed by atoms with Crippen LogP contribution in [0.1, 0.15) is 5.56 Å². The lowest BCUT2D eigenvalue weighted by Crippen LogP contribution is -2.19. The van der Waals surface area contributed by atoms with Gasteiger partial charge < -0.3 is 5.32 Å². The first-order chi connectivity index (χ1) is 10.3. The summed E-state index contributed by atoms with van der Waals surface area (Å²) < 4.78 is 38.3. The summed E-state index contributed by atoms with van der Waals surface area (Å²) in [4.78, 5) is 16.0. The first-order valence-corrected chi connectivity index (χ1v) is 7.24. The van der Waals surface area contributed by atoms with Crippen LogP contribution >= 0.6 is 11.8 Å². The van der Waals surface area contributed by atoms with Crippen LogP contribution in [0.25, 0.3) is 0 Å². The lowest BCUT2D eigenvalue weighted by Gasteiger charge is -2.13. The molecule has 0 aliphatic rings. The standard InChI is InChI=1S/C13H13F3N4OS/c1-9-2-3-11(22-6-13(14,15)16)10(4-9)19-12(21)5-20-8-17-7-18-20/h2-4,7-8H,5-6H2,1H3,(H,19,21). The van der Waals surface area contributed by atoms with Crippen LogP contribution in [0.3, 0.4) is 0 Å². The number of nitrogens with one attached hydrogen (secondary N) is 1. The molecule has 1 aromatic carbocycles. The van der Waals surface area contributed by atoms with Gasteiger partial charge in [0.1, 0.15) is 19.2 Å². The van der Waals surface area contributed by atoms with Crippen molar-refractivity contribution in [1.29, 1.82) is 0 Å². The summed E-state index contributed by atoms with van der Waals surface area (Å²) >= 11 is 0.638. The first kappa shape index (κ1) is 16.3. The summed E-state index contributed by atoms with van der Waals surface area (Å²) in [6.45, 7) is 1.74. The zero-order valence-electron chi connectivity index (χ0n) is 11.6. The molecule has 0 saturated carbocycles. The number of aromatic nitrogens is 3. The molecule has 1 N–H and O–H groups in total. The van der Waals surface area contributed by atoms with Gasteiger partial charge in [0.05, 0.1) is 11.4 Å². The van der Waals surface area contributed by atoms with E-state index in [0.717, 1.165) is 5.56 Å². The molecule has 9 heteroatoms. The molecule has 1 aromatic heterocycles. The topological polar surface area (TPSA) is 59.8 Å². The van der Waals surface area contributed by atoms with Crippen molar-refractivity contribution in [3.63, 3.8) is 0 Å². The van der Waals surface area contributed by atoms with E-state index in [1.807, 2.05) is 0 Å². The van der Waals surface area contributed by atoms with E-state index < -0.39 is 11.9 Å². The summed E-state index contributed by atoms with van der Waals surface area (Å²) in [5.74, 6) is -1.40. The minimum absolute atomic E-state index is 0.0582. The van der Waals surface area contributed by atoms with Crippen molar-refractivity contribution in [2.75, 3.05) is 11.1 Å². The number of aryl methyl sites for hydroxylation is 1. The Labute approximate surface area is 128 Å². The number of hydrogen-bond acceptors (Lipinski definition) is 4. The van der Waals surface area contributed by atoms with E-state index in [-0.39, 0.29) is 12.5 Å². The Balaban J connectivity index is 2.08. The SMILES string of the molecule is Cc1ccc(SCC(F)(F)F)c(NC(=O)Cn2cncn2)c1. The summed E-state index contributed by atoms with van der Waals surface area (Å²) in [6.07, 6.45) is -1.59. The van der Waals surface area contributed by atoms with Crippen LogP contribution in [0.2, 0.25) is 0 Å². The summed E-state index contributed by atoms with van der Waals surface area (Å²) in [5, 5.41) is 6.41. The molecule has 0 bridgehead atoms. The van der Waals surface area contributed by atoms with Gasteiger partial charge in [0.25, 0.3) is 0 Å². The molecule has 0 atom stereocenters. The van der Waals surface area contributed by atoms with Crippen molar-refractivity contribution in [3.05, 3.63) is 36.4 Å². The van der Waals surface area contributed by atoms with Crippen LogP contribution in [0.4, 0.5) is 18.9 Å². The van der Waals surface area contributed by atoms with E-state index in [4.69, 9.17) is 0 Å². The van der Waals surface area contributed by atoms with Crippen molar-refractivity contribution >= 4 is 23.4 Å². The van der Waals surface area contributed by atoms with Crippen LogP contribution in [0, 0.1) is 6.92 Å². The smallest absolute Gasteiger partial charge is 0.323 e. The quantitative estimate of drug-likeness (QED) is 0.857. The summed E-state index contributed by atoms with van der Waals surface area (Å²) in [7, 11) is 0. The van der Waals surface area contributed by atoms with E-state index in [2.05, 4.69) is 15.4 Å². The largest absolute Gasteiger partial charge is 0.398 e. The summed E-state index contributed by atoms with van der Waals surface area (Å²) in [5.41, 5.74) is 1.20. The van der Waals surface area contributed by atoms with Crippen molar-refractivity contribution in [2.45, 2.75) is 24.5 Å². The Morgan fingerprint density at radius 2 is 2.18 bits per heavy atom. The number of carbonyl (C=O) groups excluding carboxylic acids is 1. The van der Waals surface area contributed by atoms with Crippen LogP contribution in [0.5, 0.6) is 0 Å². The van der Waals surface area contributed by atoms with Gasteiger partial charge in [-0.05, 0) is 24.6 Å². The normalized spacial score (nSPS) is 11.5. The van der Waals surface area contributed by atoms with Gasteiger partial charge in [-0.1, -0.05) is 6.07 Å². The van der Waals surface area contributed by atoms with Crippen LogP contribution in [-0.2, 0) is 11.3 Å². The Kier molecular flexibility index (Phi) is 5.07. The van der Waals surface area contributed by atoms with Gasteiger partial charge in [0, 0.05) is 4.90 Å². The van der Waals surface area contributed by atoms with Crippen molar-refractivity contribution in [3.8, 4) is 0 Å². The number of halogens is 3. The highest BCUT2D eigenvalue weighted by atomic mass is 32.2. The fraction of sp³-hybridized carbons (Fsp3) is 0.308. The molecule has 22 heavy (non-hydrogen) atoms. The maximum atomic E-state index is 12.3. The fourth-order valence-corrected chi connectivity index (χ4v) is 2.43. The molecule has 0 spiro atoms. The van der Waals surface area contributed by atoms with Crippen molar-refractivity contribution in [2.24, 2.45) is 0 Å². The molecule has 1 amide bonds. The number of hydrogen-bond donors (Lipinski definition) is 1. The minimum Gasteiger partial charge on any atom is -0.323 e. The van der Waals surface area contributed by atoms with Gasteiger partial charge in [-0.25, -0.2) is 9.67 Å². The van der Waals surface area contributed by atoms with E-state index in [1.54, 1.807) is 25.1 Å². The lowest BCUT2D eigenvalue weighted by atomic mass is 10.2. The highest BCUT2D eigenvalue weighted by Crippen LogP contribution is 2.32.